The average molecular weight is 287 g/mol. The molecule has 2 nitrogen and oxygen atoms in total. The highest BCUT2D eigenvalue weighted by Gasteiger charge is 2.32. The second-order valence-corrected chi connectivity index (χ2v) is 5.28. The number of ether oxygens (including phenoxy) is 1. The first kappa shape index (κ1) is 15.3. The number of hydrogen-bond acceptors (Lipinski definition) is 2. The molecule has 0 spiro atoms. The van der Waals surface area contributed by atoms with Gasteiger partial charge in [0.25, 0.3) is 0 Å². The van der Waals surface area contributed by atoms with E-state index in [4.69, 9.17) is 4.74 Å². The Bertz CT molecular complexity index is 461. The van der Waals surface area contributed by atoms with Crippen LogP contribution in [0.15, 0.2) is 12.1 Å². The maximum absolute atomic E-state index is 13.8. The summed E-state index contributed by atoms with van der Waals surface area (Å²) in [6.07, 6.45) is 2.87. The van der Waals surface area contributed by atoms with Gasteiger partial charge in [-0.05, 0) is 45.2 Å². The fourth-order valence-electron chi connectivity index (χ4n) is 2.78. The van der Waals surface area contributed by atoms with Gasteiger partial charge in [-0.25, -0.2) is 13.2 Å². The first-order chi connectivity index (χ1) is 9.55. The minimum atomic E-state index is -1.15. The minimum Gasteiger partial charge on any atom is -0.378 e. The van der Waals surface area contributed by atoms with Crippen LogP contribution in [0.25, 0.3) is 0 Å². The number of rotatable bonds is 6. The van der Waals surface area contributed by atoms with E-state index in [1.807, 2.05) is 6.92 Å². The molecule has 1 fully saturated rings. The van der Waals surface area contributed by atoms with E-state index in [2.05, 4.69) is 5.32 Å². The zero-order chi connectivity index (χ0) is 14.7. The van der Waals surface area contributed by atoms with Gasteiger partial charge >= 0.3 is 0 Å². The molecule has 20 heavy (non-hydrogen) atoms. The lowest BCUT2D eigenvalue weighted by Crippen LogP contribution is -2.34. The number of nitrogens with one attached hydrogen (secondary N) is 1. The van der Waals surface area contributed by atoms with Crippen molar-refractivity contribution in [2.45, 2.75) is 38.3 Å². The van der Waals surface area contributed by atoms with Crippen molar-refractivity contribution in [2.75, 3.05) is 13.7 Å². The van der Waals surface area contributed by atoms with Crippen LogP contribution in [0.5, 0.6) is 0 Å². The van der Waals surface area contributed by atoms with Crippen LogP contribution in [0.4, 0.5) is 13.2 Å². The summed E-state index contributed by atoms with van der Waals surface area (Å²) in [4.78, 5) is 0. The average Bonchev–Trinajstić information content (AvgIpc) is 2.37. The Morgan fingerprint density at radius 1 is 1.20 bits per heavy atom. The van der Waals surface area contributed by atoms with E-state index in [0.29, 0.717) is 25.0 Å². The monoisotopic (exact) mass is 287 g/mol. The summed E-state index contributed by atoms with van der Waals surface area (Å²) in [5.41, 5.74) is 0.186. The van der Waals surface area contributed by atoms with Gasteiger partial charge in [-0.1, -0.05) is 0 Å². The molecule has 1 aliphatic carbocycles. The molecule has 1 aromatic carbocycles. The lowest BCUT2D eigenvalue weighted by Gasteiger charge is -2.37. The van der Waals surface area contributed by atoms with Crippen molar-refractivity contribution in [3.05, 3.63) is 35.1 Å². The first-order valence-electron chi connectivity index (χ1n) is 6.98. The van der Waals surface area contributed by atoms with E-state index in [-0.39, 0.29) is 17.7 Å². The second-order valence-electron chi connectivity index (χ2n) is 5.28. The Kier molecular flexibility index (Phi) is 5.05. The van der Waals surface area contributed by atoms with E-state index < -0.39 is 17.5 Å². The molecule has 0 aliphatic heterocycles. The van der Waals surface area contributed by atoms with Crippen LogP contribution in [0, 0.1) is 23.4 Å². The largest absolute Gasteiger partial charge is 0.378 e. The van der Waals surface area contributed by atoms with Gasteiger partial charge in [0.1, 0.15) is 5.82 Å². The van der Waals surface area contributed by atoms with Crippen LogP contribution >= 0.6 is 0 Å². The van der Waals surface area contributed by atoms with Crippen LogP contribution < -0.4 is 5.32 Å². The van der Waals surface area contributed by atoms with Crippen LogP contribution in [0.3, 0.4) is 0 Å². The quantitative estimate of drug-likeness (QED) is 0.808. The van der Waals surface area contributed by atoms with Crippen molar-refractivity contribution in [3.8, 4) is 0 Å². The molecule has 1 aromatic rings. The molecule has 1 atom stereocenters. The standard InChI is InChI=1S/C15H20F3NO/c1-3-20-10-4-9(5-10)6-15(19-2)11-7-13(17)14(18)8-12(11)16/h7-10,15,19H,3-6H2,1-2H3. The van der Waals surface area contributed by atoms with Gasteiger partial charge < -0.3 is 10.1 Å². The van der Waals surface area contributed by atoms with Gasteiger partial charge in [-0.2, -0.15) is 0 Å². The molecule has 1 saturated carbocycles. The van der Waals surface area contributed by atoms with Crippen molar-refractivity contribution in [2.24, 2.45) is 5.92 Å². The van der Waals surface area contributed by atoms with Crippen molar-refractivity contribution < 1.29 is 17.9 Å². The third kappa shape index (κ3) is 3.33. The Balaban J connectivity index is 2.01. The fourth-order valence-corrected chi connectivity index (χ4v) is 2.78. The summed E-state index contributed by atoms with van der Waals surface area (Å²) in [6.45, 7) is 2.66. The second kappa shape index (κ2) is 6.59. The molecule has 5 heteroatoms. The van der Waals surface area contributed by atoms with E-state index in [1.54, 1.807) is 7.05 Å². The highest BCUT2D eigenvalue weighted by atomic mass is 19.2. The molecule has 0 saturated heterocycles. The molecule has 0 radical (unpaired) electrons. The smallest absolute Gasteiger partial charge is 0.161 e. The van der Waals surface area contributed by atoms with Crippen molar-refractivity contribution in [3.63, 3.8) is 0 Å². The Morgan fingerprint density at radius 3 is 2.45 bits per heavy atom. The zero-order valence-corrected chi connectivity index (χ0v) is 11.8. The summed E-state index contributed by atoms with van der Waals surface area (Å²) in [5, 5.41) is 2.98. The number of halogens is 3. The molecule has 0 bridgehead atoms. The third-order valence-electron chi connectivity index (χ3n) is 3.93. The van der Waals surface area contributed by atoms with Crippen LogP contribution in [0.2, 0.25) is 0 Å². The van der Waals surface area contributed by atoms with E-state index in [9.17, 15) is 13.2 Å². The summed E-state index contributed by atoms with van der Waals surface area (Å²) >= 11 is 0. The lowest BCUT2D eigenvalue weighted by atomic mass is 9.77. The van der Waals surface area contributed by atoms with E-state index >= 15 is 0 Å². The van der Waals surface area contributed by atoms with Gasteiger partial charge in [0.05, 0.1) is 6.10 Å². The summed E-state index contributed by atoms with van der Waals surface area (Å²) in [5.74, 6) is -2.44. The fraction of sp³-hybridized carbons (Fsp3) is 0.600. The summed E-state index contributed by atoms with van der Waals surface area (Å²) in [6, 6.07) is 1.25. The molecule has 1 N–H and O–H groups in total. The van der Waals surface area contributed by atoms with Crippen molar-refractivity contribution >= 4 is 0 Å². The molecule has 0 aromatic heterocycles. The molecule has 2 rings (SSSR count). The van der Waals surface area contributed by atoms with Crippen LogP contribution in [-0.4, -0.2) is 19.8 Å². The molecule has 0 amide bonds. The normalized spacial score (nSPS) is 23.4. The summed E-state index contributed by atoms with van der Waals surface area (Å²) in [7, 11) is 1.70. The zero-order valence-electron chi connectivity index (χ0n) is 11.8. The number of benzene rings is 1. The Morgan fingerprint density at radius 2 is 1.85 bits per heavy atom. The molecule has 0 heterocycles. The van der Waals surface area contributed by atoms with Crippen LogP contribution in [0.1, 0.15) is 37.8 Å². The predicted molar refractivity (Wildman–Crippen MR) is 70.9 cm³/mol. The van der Waals surface area contributed by atoms with E-state index in [1.165, 1.54) is 0 Å². The molecule has 1 aliphatic rings. The highest BCUT2D eigenvalue weighted by molar-refractivity contribution is 5.23. The van der Waals surface area contributed by atoms with E-state index in [0.717, 1.165) is 18.9 Å². The molecular weight excluding hydrogens is 267 g/mol. The maximum atomic E-state index is 13.8. The topological polar surface area (TPSA) is 21.3 Å². The SMILES string of the molecule is CCOC1CC(CC(NC)c2cc(F)c(F)cc2F)C1. The first-order valence-corrected chi connectivity index (χ1v) is 6.98. The highest BCUT2D eigenvalue weighted by Crippen LogP contribution is 2.37. The van der Waals surface area contributed by atoms with Gasteiger partial charge in [-0.15, -0.1) is 0 Å². The van der Waals surface area contributed by atoms with Gasteiger partial charge in [0, 0.05) is 24.3 Å². The minimum absolute atomic E-state index is 0.186. The van der Waals surface area contributed by atoms with Crippen LogP contribution in [-0.2, 0) is 4.74 Å². The van der Waals surface area contributed by atoms with Gasteiger partial charge in [-0.3, -0.25) is 0 Å². The van der Waals surface area contributed by atoms with Gasteiger partial charge in [0.2, 0.25) is 0 Å². The Labute approximate surface area is 117 Å². The van der Waals surface area contributed by atoms with Crippen molar-refractivity contribution in [1.29, 1.82) is 0 Å². The third-order valence-corrected chi connectivity index (χ3v) is 3.93. The predicted octanol–water partition coefficient (Wildman–Crippen LogP) is 3.57. The molecular formula is C15H20F3NO. The Hall–Kier alpha value is -1.07. The maximum Gasteiger partial charge on any atom is 0.161 e. The molecule has 1 unspecified atom stereocenters. The molecule has 112 valence electrons. The lowest BCUT2D eigenvalue weighted by molar-refractivity contribution is -0.0290. The van der Waals surface area contributed by atoms with Gasteiger partial charge in [0.15, 0.2) is 11.6 Å². The number of hydrogen-bond donors (Lipinski definition) is 1. The summed E-state index contributed by atoms with van der Waals surface area (Å²) < 4.78 is 45.5. The van der Waals surface area contributed by atoms with Crippen molar-refractivity contribution in [1.82, 2.24) is 5.32 Å².